The smallest absolute Gasteiger partial charge is 0.265 e. The zero-order chi connectivity index (χ0) is 19.8. The van der Waals surface area contributed by atoms with E-state index in [-0.39, 0.29) is 5.91 Å². The number of aromatic nitrogens is 3. The highest BCUT2D eigenvalue weighted by Gasteiger charge is 2.26. The number of carbonyl (C=O) groups excluding carboxylic acids is 1. The number of carbonyl (C=O) groups is 1. The molecule has 8 heteroatoms. The molecule has 0 atom stereocenters. The highest BCUT2D eigenvalue weighted by atomic mass is 32.1. The van der Waals surface area contributed by atoms with Gasteiger partial charge in [-0.15, -0.1) is 22.7 Å². The van der Waals surface area contributed by atoms with Gasteiger partial charge in [0.15, 0.2) is 0 Å². The zero-order valence-corrected chi connectivity index (χ0v) is 17.7. The maximum absolute atomic E-state index is 13.1. The van der Waals surface area contributed by atoms with Gasteiger partial charge in [0.05, 0.1) is 16.3 Å². The lowest BCUT2D eigenvalue weighted by Gasteiger charge is -2.34. The highest BCUT2D eigenvalue weighted by molar-refractivity contribution is 7.22. The van der Waals surface area contributed by atoms with Crippen LogP contribution >= 0.6 is 22.7 Å². The second-order valence-corrected chi connectivity index (χ2v) is 9.12. The number of fused-ring (bicyclic) bond motifs is 1. The third kappa shape index (κ3) is 3.71. The molecule has 0 unspecified atom stereocenters. The maximum Gasteiger partial charge on any atom is 0.265 e. The van der Waals surface area contributed by atoms with Crippen LogP contribution in [0.15, 0.2) is 48.1 Å². The number of hydrogen-bond acceptors (Lipinski definition) is 6. The van der Waals surface area contributed by atoms with Crippen LogP contribution in [-0.4, -0.2) is 56.3 Å². The molecule has 0 aliphatic carbocycles. The number of hydrogen-bond donors (Lipinski definition) is 0. The summed E-state index contributed by atoms with van der Waals surface area (Å²) >= 11 is 3.16. The molecule has 4 aromatic rings. The van der Waals surface area contributed by atoms with E-state index in [0.29, 0.717) is 0 Å². The van der Waals surface area contributed by atoms with E-state index in [9.17, 15) is 4.79 Å². The minimum atomic E-state index is 0.107. The van der Waals surface area contributed by atoms with E-state index in [0.717, 1.165) is 64.5 Å². The fraction of sp³-hybridized carbons (Fsp3) is 0.286. The number of piperazine rings is 1. The Balaban J connectivity index is 1.23. The largest absolute Gasteiger partial charge is 0.335 e. The van der Waals surface area contributed by atoms with Gasteiger partial charge in [0.25, 0.3) is 5.91 Å². The standard InChI is InChI=1S/C21H21N5OS2/c1-15-19(29-20(22-15)17-5-4-12-28-17)21(27)25-10-8-24(9-11-25)13-16-14-26-7-3-2-6-18(26)23-16/h2-7,12,14H,8-11,13H2,1H3. The van der Waals surface area contributed by atoms with Crippen molar-refractivity contribution in [2.75, 3.05) is 26.2 Å². The topological polar surface area (TPSA) is 53.7 Å². The summed E-state index contributed by atoms with van der Waals surface area (Å²) in [4.78, 5) is 28.6. The van der Waals surface area contributed by atoms with Crippen molar-refractivity contribution in [3.8, 4) is 9.88 Å². The second-order valence-electron chi connectivity index (χ2n) is 7.18. The Morgan fingerprint density at radius 3 is 2.72 bits per heavy atom. The highest BCUT2D eigenvalue weighted by Crippen LogP contribution is 2.31. The first-order valence-corrected chi connectivity index (χ1v) is 11.3. The Bertz CT molecular complexity index is 1110. The van der Waals surface area contributed by atoms with Gasteiger partial charge in [-0.25, -0.2) is 9.97 Å². The van der Waals surface area contributed by atoms with E-state index in [1.54, 1.807) is 11.3 Å². The molecule has 1 saturated heterocycles. The van der Waals surface area contributed by atoms with Crippen molar-refractivity contribution in [1.29, 1.82) is 0 Å². The molecule has 1 aliphatic heterocycles. The van der Waals surface area contributed by atoms with E-state index in [1.807, 2.05) is 52.1 Å². The van der Waals surface area contributed by atoms with Crippen LogP contribution in [0.1, 0.15) is 21.1 Å². The Morgan fingerprint density at radius 1 is 1.10 bits per heavy atom. The van der Waals surface area contributed by atoms with Gasteiger partial charge in [-0.05, 0) is 30.5 Å². The van der Waals surface area contributed by atoms with Crippen molar-refractivity contribution in [3.05, 3.63) is 64.4 Å². The van der Waals surface area contributed by atoms with Crippen LogP contribution in [0.2, 0.25) is 0 Å². The number of imidazole rings is 1. The van der Waals surface area contributed by atoms with E-state index < -0.39 is 0 Å². The lowest BCUT2D eigenvalue weighted by molar-refractivity contribution is 0.0631. The quantitative estimate of drug-likeness (QED) is 0.501. The molecule has 1 aliphatic rings. The summed E-state index contributed by atoms with van der Waals surface area (Å²) in [6, 6.07) is 10.1. The number of thiophene rings is 1. The average Bonchev–Trinajstić information content (AvgIpc) is 3.47. The minimum absolute atomic E-state index is 0.107. The molecular formula is C21H21N5OS2. The van der Waals surface area contributed by atoms with E-state index >= 15 is 0 Å². The first-order valence-electron chi connectivity index (χ1n) is 9.63. The number of amides is 1. The Hall–Kier alpha value is -2.55. The van der Waals surface area contributed by atoms with Crippen LogP contribution in [0.3, 0.4) is 0 Å². The predicted molar refractivity (Wildman–Crippen MR) is 117 cm³/mol. The normalized spacial score (nSPS) is 15.3. The molecule has 0 N–H and O–H groups in total. The second kappa shape index (κ2) is 7.70. The third-order valence-electron chi connectivity index (χ3n) is 5.18. The molecule has 29 heavy (non-hydrogen) atoms. The van der Waals surface area contributed by atoms with Gasteiger partial charge < -0.3 is 9.30 Å². The molecule has 1 amide bonds. The van der Waals surface area contributed by atoms with Crippen molar-refractivity contribution in [3.63, 3.8) is 0 Å². The summed E-state index contributed by atoms with van der Waals surface area (Å²) < 4.78 is 2.05. The lowest BCUT2D eigenvalue weighted by atomic mass is 10.2. The van der Waals surface area contributed by atoms with Crippen molar-refractivity contribution in [2.45, 2.75) is 13.5 Å². The van der Waals surface area contributed by atoms with Gasteiger partial charge in [0.1, 0.15) is 15.5 Å². The maximum atomic E-state index is 13.1. The summed E-state index contributed by atoms with van der Waals surface area (Å²) in [5.41, 5.74) is 2.86. The molecular weight excluding hydrogens is 402 g/mol. The van der Waals surface area contributed by atoms with Gasteiger partial charge in [-0.3, -0.25) is 9.69 Å². The van der Waals surface area contributed by atoms with Gasteiger partial charge in [0, 0.05) is 45.1 Å². The van der Waals surface area contributed by atoms with Gasteiger partial charge in [-0.2, -0.15) is 0 Å². The number of nitrogens with zero attached hydrogens (tertiary/aromatic N) is 5. The Morgan fingerprint density at radius 2 is 1.97 bits per heavy atom. The molecule has 6 nitrogen and oxygen atoms in total. The molecule has 4 aromatic heterocycles. The molecule has 1 fully saturated rings. The molecule has 0 radical (unpaired) electrons. The molecule has 0 saturated carbocycles. The number of rotatable bonds is 4. The van der Waals surface area contributed by atoms with Gasteiger partial charge in [0.2, 0.25) is 0 Å². The Labute approximate surface area is 177 Å². The fourth-order valence-electron chi connectivity index (χ4n) is 3.65. The minimum Gasteiger partial charge on any atom is -0.335 e. The van der Waals surface area contributed by atoms with Crippen LogP contribution < -0.4 is 0 Å². The molecule has 5 heterocycles. The first-order chi connectivity index (χ1) is 14.2. The first kappa shape index (κ1) is 18.5. The van der Waals surface area contributed by atoms with Crippen molar-refractivity contribution in [1.82, 2.24) is 24.2 Å². The monoisotopic (exact) mass is 423 g/mol. The SMILES string of the molecule is Cc1nc(-c2cccs2)sc1C(=O)N1CCN(Cc2cn3ccccc3n2)CC1. The zero-order valence-electron chi connectivity index (χ0n) is 16.1. The lowest BCUT2D eigenvalue weighted by Crippen LogP contribution is -2.48. The van der Waals surface area contributed by atoms with Gasteiger partial charge >= 0.3 is 0 Å². The Kier molecular flexibility index (Phi) is 4.91. The van der Waals surface area contributed by atoms with Crippen molar-refractivity contribution >= 4 is 34.2 Å². The third-order valence-corrected chi connectivity index (χ3v) is 7.37. The van der Waals surface area contributed by atoms with Crippen molar-refractivity contribution < 1.29 is 4.79 Å². The summed E-state index contributed by atoms with van der Waals surface area (Å²) in [5, 5.41) is 2.97. The summed E-state index contributed by atoms with van der Waals surface area (Å²) in [7, 11) is 0. The van der Waals surface area contributed by atoms with E-state index in [2.05, 4.69) is 27.1 Å². The van der Waals surface area contributed by atoms with E-state index in [4.69, 9.17) is 0 Å². The molecule has 0 spiro atoms. The van der Waals surface area contributed by atoms with Crippen LogP contribution in [0.25, 0.3) is 15.5 Å². The number of pyridine rings is 1. The van der Waals surface area contributed by atoms with Crippen LogP contribution in [0.5, 0.6) is 0 Å². The van der Waals surface area contributed by atoms with Crippen LogP contribution in [-0.2, 0) is 6.54 Å². The van der Waals surface area contributed by atoms with E-state index in [1.165, 1.54) is 11.3 Å². The summed E-state index contributed by atoms with van der Waals surface area (Å²) in [6.07, 6.45) is 4.10. The van der Waals surface area contributed by atoms with Crippen LogP contribution in [0, 0.1) is 6.92 Å². The molecule has 0 bridgehead atoms. The number of thiazole rings is 1. The van der Waals surface area contributed by atoms with Gasteiger partial charge in [-0.1, -0.05) is 12.1 Å². The van der Waals surface area contributed by atoms with Crippen molar-refractivity contribution in [2.24, 2.45) is 0 Å². The number of aryl methyl sites for hydroxylation is 1. The fourth-order valence-corrected chi connectivity index (χ4v) is 5.48. The predicted octanol–water partition coefficient (Wildman–Crippen LogP) is 3.79. The average molecular weight is 424 g/mol. The summed E-state index contributed by atoms with van der Waals surface area (Å²) in [6.45, 7) is 5.92. The molecule has 0 aromatic carbocycles. The van der Waals surface area contributed by atoms with Crippen LogP contribution in [0.4, 0.5) is 0 Å². The summed E-state index contributed by atoms with van der Waals surface area (Å²) in [5.74, 6) is 0.107. The molecule has 5 rings (SSSR count). The molecule has 148 valence electrons.